The fourth-order valence-corrected chi connectivity index (χ4v) is 4.34. The van der Waals surface area contributed by atoms with E-state index in [1.807, 2.05) is 48.5 Å². The molecule has 0 spiro atoms. The van der Waals surface area contributed by atoms with E-state index in [2.05, 4.69) is 16.7 Å². The van der Waals surface area contributed by atoms with Crippen LogP contribution < -0.4 is 11.5 Å². The standard InChI is InChI=1S/C23H25N3O/c24-22-20(23(25)27)19(16-10-4-1-5-11-16)21(17-12-6-2-7-13-17)26(22)18-14-8-3-9-15-18/h1-2,4-7,10-13,18H,3,8-9,14-15,24H2,(H2,25,27). The fraction of sp³-hybridized carbons (Fsp3) is 0.261. The highest BCUT2D eigenvalue weighted by molar-refractivity contribution is 6.08. The van der Waals surface area contributed by atoms with Crippen LogP contribution in [0.25, 0.3) is 22.4 Å². The highest BCUT2D eigenvalue weighted by Gasteiger charge is 2.30. The molecular formula is C23H25N3O. The largest absolute Gasteiger partial charge is 0.384 e. The lowest BCUT2D eigenvalue weighted by Gasteiger charge is -2.27. The number of nitrogens with two attached hydrogens (primary N) is 2. The first-order valence-electron chi connectivity index (χ1n) is 9.62. The number of nitrogens with zero attached hydrogens (tertiary/aromatic N) is 1. The third-order valence-corrected chi connectivity index (χ3v) is 5.54. The SMILES string of the molecule is NC(=O)c1c(-c2ccccc2)c(-c2ccccc2)n(C2CCCCC2)c1N. The first-order chi connectivity index (χ1) is 13.2. The second-order valence-electron chi connectivity index (χ2n) is 7.24. The maximum Gasteiger partial charge on any atom is 0.253 e. The highest BCUT2D eigenvalue weighted by Crippen LogP contribution is 2.45. The van der Waals surface area contributed by atoms with Gasteiger partial charge in [-0.15, -0.1) is 0 Å². The fourth-order valence-electron chi connectivity index (χ4n) is 4.34. The van der Waals surface area contributed by atoms with Gasteiger partial charge in [0.05, 0.1) is 11.3 Å². The van der Waals surface area contributed by atoms with Crippen LogP contribution in [-0.2, 0) is 0 Å². The molecular weight excluding hydrogens is 334 g/mol. The predicted octanol–water partition coefficient (Wildman–Crippen LogP) is 5.01. The summed E-state index contributed by atoms with van der Waals surface area (Å²) in [6.07, 6.45) is 5.77. The van der Waals surface area contributed by atoms with E-state index < -0.39 is 5.91 Å². The number of amides is 1. The Morgan fingerprint density at radius 1 is 0.852 bits per heavy atom. The Balaban J connectivity index is 2.05. The summed E-state index contributed by atoms with van der Waals surface area (Å²) in [5, 5.41) is 0. The van der Waals surface area contributed by atoms with Gasteiger partial charge in [0.15, 0.2) is 0 Å². The Morgan fingerprint density at radius 3 is 1.96 bits per heavy atom. The van der Waals surface area contributed by atoms with Gasteiger partial charge in [0.1, 0.15) is 5.82 Å². The van der Waals surface area contributed by atoms with Gasteiger partial charge in [0.25, 0.3) is 5.91 Å². The number of aromatic nitrogens is 1. The summed E-state index contributed by atoms with van der Waals surface area (Å²) in [6.45, 7) is 0. The van der Waals surface area contributed by atoms with E-state index in [1.165, 1.54) is 19.3 Å². The van der Waals surface area contributed by atoms with Gasteiger partial charge in [-0.05, 0) is 24.0 Å². The average Bonchev–Trinajstić information content (AvgIpc) is 3.03. The van der Waals surface area contributed by atoms with E-state index in [0.29, 0.717) is 17.4 Å². The van der Waals surface area contributed by atoms with Crippen LogP contribution in [0.4, 0.5) is 5.82 Å². The first-order valence-corrected chi connectivity index (χ1v) is 9.62. The number of benzene rings is 2. The molecule has 1 aromatic heterocycles. The molecule has 0 unspecified atom stereocenters. The van der Waals surface area contributed by atoms with Crippen LogP contribution in [0.2, 0.25) is 0 Å². The molecule has 0 aliphatic heterocycles. The van der Waals surface area contributed by atoms with Gasteiger partial charge in [-0.2, -0.15) is 0 Å². The number of nitrogen functional groups attached to an aromatic ring is 1. The summed E-state index contributed by atoms with van der Waals surface area (Å²) in [5.41, 5.74) is 16.7. The number of carbonyl (C=O) groups excluding carboxylic acids is 1. The molecule has 0 saturated heterocycles. The molecule has 1 aliphatic rings. The van der Waals surface area contributed by atoms with Crippen LogP contribution in [-0.4, -0.2) is 10.5 Å². The lowest BCUT2D eigenvalue weighted by atomic mass is 9.94. The maximum absolute atomic E-state index is 12.4. The Kier molecular flexibility index (Phi) is 4.71. The monoisotopic (exact) mass is 359 g/mol. The van der Waals surface area contributed by atoms with Crippen molar-refractivity contribution in [3.63, 3.8) is 0 Å². The third-order valence-electron chi connectivity index (χ3n) is 5.54. The van der Waals surface area contributed by atoms with Gasteiger partial charge in [0.2, 0.25) is 0 Å². The van der Waals surface area contributed by atoms with E-state index in [-0.39, 0.29) is 0 Å². The number of hydrogen-bond acceptors (Lipinski definition) is 2. The van der Waals surface area contributed by atoms with E-state index in [0.717, 1.165) is 35.2 Å². The van der Waals surface area contributed by atoms with Crippen molar-refractivity contribution in [1.29, 1.82) is 0 Å². The second kappa shape index (κ2) is 7.31. The van der Waals surface area contributed by atoms with E-state index in [4.69, 9.17) is 11.5 Å². The number of hydrogen-bond donors (Lipinski definition) is 2. The van der Waals surface area contributed by atoms with Crippen molar-refractivity contribution in [2.75, 3.05) is 5.73 Å². The number of anilines is 1. The second-order valence-corrected chi connectivity index (χ2v) is 7.24. The van der Waals surface area contributed by atoms with Gasteiger partial charge in [-0.3, -0.25) is 4.79 Å². The topological polar surface area (TPSA) is 74.0 Å². The molecule has 1 saturated carbocycles. The minimum Gasteiger partial charge on any atom is -0.384 e. The molecule has 3 aromatic rings. The Bertz CT molecular complexity index is 939. The highest BCUT2D eigenvalue weighted by atomic mass is 16.1. The molecule has 4 heteroatoms. The zero-order valence-corrected chi connectivity index (χ0v) is 15.4. The Morgan fingerprint density at radius 2 is 1.41 bits per heavy atom. The summed E-state index contributed by atoms with van der Waals surface area (Å²) in [4.78, 5) is 12.4. The van der Waals surface area contributed by atoms with Crippen LogP contribution in [0, 0.1) is 0 Å². The minimum atomic E-state index is -0.474. The normalized spacial score (nSPS) is 15.0. The summed E-state index contributed by atoms with van der Waals surface area (Å²) in [6, 6.07) is 20.4. The summed E-state index contributed by atoms with van der Waals surface area (Å²) < 4.78 is 2.18. The van der Waals surface area contributed by atoms with E-state index in [1.54, 1.807) is 0 Å². The number of rotatable bonds is 4. The van der Waals surface area contributed by atoms with Gasteiger partial charge in [-0.25, -0.2) is 0 Å². The van der Waals surface area contributed by atoms with Crippen molar-refractivity contribution in [2.24, 2.45) is 5.73 Å². The van der Waals surface area contributed by atoms with Crippen molar-refractivity contribution in [1.82, 2.24) is 4.57 Å². The zero-order valence-electron chi connectivity index (χ0n) is 15.4. The molecule has 1 fully saturated rings. The Hall–Kier alpha value is -3.01. The summed E-state index contributed by atoms with van der Waals surface area (Å²) in [7, 11) is 0. The van der Waals surface area contributed by atoms with Crippen LogP contribution in [0.5, 0.6) is 0 Å². The molecule has 1 heterocycles. The molecule has 4 nitrogen and oxygen atoms in total. The lowest BCUT2D eigenvalue weighted by Crippen LogP contribution is -2.18. The zero-order chi connectivity index (χ0) is 18.8. The summed E-state index contributed by atoms with van der Waals surface area (Å²) >= 11 is 0. The quantitative estimate of drug-likeness (QED) is 0.687. The van der Waals surface area contributed by atoms with Gasteiger partial charge in [0, 0.05) is 11.6 Å². The molecule has 0 bridgehead atoms. The van der Waals surface area contributed by atoms with Crippen molar-refractivity contribution in [3.05, 3.63) is 66.2 Å². The van der Waals surface area contributed by atoms with Crippen molar-refractivity contribution >= 4 is 11.7 Å². The smallest absolute Gasteiger partial charge is 0.253 e. The third kappa shape index (κ3) is 3.12. The van der Waals surface area contributed by atoms with Crippen LogP contribution in [0.15, 0.2) is 60.7 Å². The van der Waals surface area contributed by atoms with Gasteiger partial charge < -0.3 is 16.0 Å². The maximum atomic E-state index is 12.4. The molecule has 2 aromatic carbocycles. The Labute approximate surface area is 159 Å². The van der Waals surface area contributed by atoms with Crippen molar-refractivity contribution in [2.45, 2.75) is 38.1 Å². The molecule has 0 atom stereocenters. The predicted molar refractivity (Wildman–Crippen MR) is 110 cm³/mol. The number of carbonyl (C=O) groups is 1. The lowest BCUT2D eigenvalue weighted by molar-refractivity contribution is 0.100. The van der Waals surface area contributed by atoms with E-state index in [9.17, 15) is 4.79 Å². The minimum absolute atomic E-state index is 0.296. The first kappa shape index (κ1) is 17.4. The van der Waals surface area contributed by atoms with E-state index >= 15 is 0 Å². The molecule has 1 aliphatic carbocycles. The van der Waals surface area contributed by atoms with Gasteiger partial charge >= 0.3 is 0 Å². The van der Waals surface area contributed by atoms with Crippen molar-refractivity contribution < 1.29 is 4.79 Å². The molecule has 27 heavy (non-hydrogen) atoms. The van der Waals surface area contributed by atoms with Crippen LogP contribution in [0.1, 0.15) is 48.5 Å². The van der Waals surface area contributed by atoms with Crippen LogP contribution in [0.3, 0.4) is 0 Å². The average molecular weight is 359 g/mol. The van der Waals surface area contributed by atoms with Crippen molar-refractivity contribution in [3.8, 4) is 22.4 Å². The molecule has 4 rings (SSSR count). The molecule has 4 N–H and O–H groups in total. The molecule has 0 radical (unpaired) electrons. The van der Waals surface area contributed by atoms with Gasteiger partial charge in [-0.1, -0.05) is 79.9 Å². The van der Waals surface area contributed by atoms with Crippen LogP contribution >= 0.6 is 0 Å². The molecule has 1 amide bonds. The summed E-state index contributed by atoms with van der Waals surface area (Å²) in [5.74, 6) is 0.0187. The molecule has 138 valence electrons. The number of primary amides is 1.